The molecule has 9 heteroatoms. The van der Waals surface area contributed by atoms with Gasteiger partial charge in [-0.25, -0.2) is 14.6 Å². The van der Waals surface area contributed by atoms with Gasteiger partial charge in [0, 0.05) is 24.8 Å². The van der Waals surface area contributed by atoms with Crippen molar-refractivity contribution < 1.29 is 24.2 Å². The van der Waals surface area contributed by atoms with Crippen LogP contribution in [0, 0.1) is 0 Å². The molecule has 0 spiro atoms. The zero-order valence-electron chi connectivity index (χ0n) is 18.6. The van der Waals surface area contributed by atoms with Crippen LogP contribution >= 0.6 is 0 Å². The predicted molar refractivity (Wildman–Crippen MR) is 124 cm³/mol. The molecule has 0 fully saturated rings. The van der Waals surface area contributed by atoms with Gasteiger partial charge in [0.15, 0.2) is 0 Å². The molecule has 3 N–H and O–H groups in total. The van der Waals surface area contributed by atoms with Crippen LogP contribution in [0.5, 0.6) is 5.75 Å². The number of pyridine rings is 1. The normalized spacial score (nSPS) is 12.5. The zero-order chi connectivity index (χ0) is 24.1. The Bertz CT molecular complexity index is 1210. The summed E-state index contributed by atoms with van der Waals surface area (Å²) in [5, 5.41) is 14.7. The maximum absolute atomic E-state index is 12.5. The molecular formula is C25H24N4O5. The van der Waals surface area contributed by atoms with Crippen LogP contribution in [0.25, 0.3) is 0 Å². The van der Waals surface area contributed by atoms with E-state index in [0.717, 1.165) is 28.0 Å². The van der Waals surface area contributed by atoms with Gasteiger partial charge in [0.2, 0.25) is 5.91 Å². The van der Waals surface area contributed by atoms with E-state index >= 15 is 0 Å². The average Bonchev–Trinajstić information content (AvgIpc) is 2.84. The van der Waals surface area contributed by atoms with Crippen LogP contribution in [0.4, 0.5) is 10.6 Å². The molecule has 9 nitrogen and oxygen atoms in total. The minimum Gasteiger partial charge on any atom is -0.497 e. The summed E-state index contributed by atoms with van der Waals surface area (Å²) in [6.45, 7) is 1.06. The van der Waals surface area contributed by atoms with Crippen molar-refractivity contribution in [2.75, 3.05) is 12.4 Å². The number of carbonyl (C=O) groups is 3. The second-order valence-corrected chi connectivity index (χ2v) is 7.94. The summed E-state index contributed by atoms with van der Waals surface area (Å²) in [7, 11) is 1.60. The molecule has 2 heterocycles. The van der Waals surface area contributed by atoms with Gasteiger partial charge in [-0.1, -0.05) is 24.3 Å². The molecule has 34 heavy (non-hydrogen) atoms. The van der Waals surface area contributed by atoms with E-state index in [9.17, 15) is 14.4 Å². The Morgan fingerprint density at radius 3 is 2.47 bits per heavy atom. The summed E-state index contributed by atoms with van der Waals surface area (Å²) in [5.41, 5.74) is 3.52. The first-order chi connectivity index (χ1) is 16.4. The molecule has 1 aliphatic rings. The number of amides is 3. The molecule has 0 saturated carbocycles. The lowest BCUT2D eigenvalue weighted by molar-refractivity contribution is -0.120. The lowest BCUT2D eigenvalue weighted by Crippen LogP contribution is -2.38. The highest BCUT2D eigenvalue weighted by atomic mass is 16.5. The number of aromatic carboxylic acids is 1. The van der Waals surface area contributed by atoms with Crippen molar-refractivity contribution in [1.82, 2.24) is 15.2 Å². The third kappa shape index (κ3) is 5.50. The van der Waals surface area contributed by atoms with Gasteiger partial charge >= 0.3 is 12.0 Å². The molecule has 0 radical (unpaired) electrons. The number of methoxy groups -OCH3 is 1. The smallest absolute Gasteiger partial charge is 0.335 e. The fraction of sp³-hybridized carbons (Fsp3) is 0.200. The van der Waals surface area contributed by atoms with Crippen LogP contribution in [0.15, 0.2) is 60.8 Å². The van der Waals surface area contributed by atoms with Crippen molar-refractivity contribution in [1.29, 1.82) is 0 Å². The number of carboxylic acids is 1. The van der Waals surface area contributed by atoms with Gasteiger partial charge in [-0.3, -0.25) is 10.1 Å². The standard InChI is InChI=1S/C25H24N4O5/c1-34-21-8-4-16(5-9-21)12-26-22(30)11-18-10-20-15-29(25(33)28-23(20)27-13-18)14-17-2-6-19(7-3-17)24(31)32/h2-10,13H,11-12,14-15H2,1H3,(H,26,30)(H,31,32)(H,27,28,33). The first-order valence-corrected chi connectivity index (χ1v) is 10.7. The second kappa shape index (κ2) is 10.0. The van der Waals surface area contributed by atoms with E-state index in [1.54, 1.807) is 30.3 Å². The summed E-state index contributed by atoms with van der Waals surface area (Å²) in [6, 6.07) is 15.5. The Hall–Kier alpha value is -4.40. The monoisotopic (exact) mass is 460 g/mol. The molecular weight excluding hydrogens is 436 g/mol. The van der Waals surface area contributed by atoms with Crippen LogP contribution in [-0.2, 0) is 30.8 Å². The fourth-order valence-electron chi connectivity index (χ4n) is 3.64. The van der Waals surface area contributed by atoms with Crippen molar-refractivity contribution in [3.63, 3.8) is 0 Å². The number of urea groups is 1. The summed E-state index contributed by atoms with van der Waals surface area (Å²) < 4.78 is 5.13. The van der Waals surface area contributed by atoms with E-state index in [-0.39, 0.29) is 23.9 Å². The molecule has 4 rings (SSSR count). The molecule has 174 valence electrons. The number of carboxylic acid groups (broad SMARTS) is 1. The number of hydrogen-bond donors (Lipinski definition) is 3. The Morgan fingerprint density at radius 2 is 1.79 bits per heavy atom. The van der Waals surface area contributed by atoms with E-state index in [4.69, 9.17) is 9.84 Å². The zero-order valence-corrected chi connectivity index (χ0v) is 18.6. The van der Waals surface area contributed by atoms with Crippen LogP contribution in [0.1, 0.15) is 32.6 Å². The van der Waals surface area contributed by atoms with E-state index in [1.165, 1.54) is 12.1 Å². The molecule has 0 unspecified atom stereocenters. The topological polar surface area (TPSA) is 121 Å². The fourth-order valence-corrected chi connectivity index (χ4v) is 3.64. The van der Waals surface area contributed by atoms with Gasteiger partial charge < -0.3 is 20.1 Å². The van der Waals surface area contributed by atoms with Crippen molar-refractivity contribution in [3.05, 3.63) is 88.6 Å². The minimum atomic E-state index is -0.997. The highest BCUT2D eigenvalue weighted by Gasteiger charge is 2.24. The molecule has 3 amide bonds. The van der Waals surface area contributed by atoms with Crippen LogP contribution < -0.4 is 15.4 Å². The molecule has 1 aliphatic heterocycles. The Balaban J connectivity index is 1.36. The van der Waals surface area contributed by atoms with Gasteiger partial charge in [0.25, 0.3) is 0 Å². The van der Waals surface area contributed by atoms with Gasteiger partial charge in [0.1, 0.15) is 11.6 Å². The van der Waals surface area contributed by atoms with Crippen molar-refractivity contribution in [2.45, 2.75) is 26.1 Å². The first-order valence-electron chi connectivity index (χ1n) is 10.7. The molecule has 0 bridgehead atoms. The number of rotatable bonds is 8. The Morgan fingerprint density at radius 1 is 1.09 bits per heavy atom. The third-order valence-electron chi connectivity index (χ3n) is 5.48. The van der Waals surface area contributed by atoms with Crippen molar-refractivity contribution in [3.8, 4) is 5.75 Å². The number of benzene rings is 2. The van der Waals surface area contributed by atoms with E-state index in [1.807, 2.05) is 30.3 Å². The van der Waals surface area contributed by atoms with Crippen molar-refractivity contribution in [2.24, 2.45) is 0 Å². The summed E-state index contributed by atoms with van der Waals surface area (Å²) >= 11 is 0. The van der Waals surface area contributed by atoms with Gasteiger partial charge in [-0.05, 0) is 47.0 Å². The molecule has 1 aromatic heterocycles. The molecule has 2 aromatic carbocycles. The second-order valence-electron chi connectivity index (χ2n) is 7.94. The number of ether oxygens (including phenoxy) is 1. The van der Waals surface area contributed by atoms with Gasteiger partial charge in [-0.2, -0.15) is 0 Å². The maximum atomic E-state index is 12.5. The van der Waals surface area contributed by atoms with Crippen LogP contribution in [0.3, 0.4) is 0 Å². The van der Waals surface area contributed by atoms with Gasteiger partial charge in [0.05, 0.1) is 25.6 Å². The van der Waals surface area contributed by atoms with Crippen LogP contribution in [-0.4, -0.2) is 40.0 Å². The Kier molecular flexibility index (Phi) is 6.72. The largest absolute Gasteiger partial charge is 0.497 e. The molecule has 0 atom stereocenters. The van der Waals surface area contributed by atoms with Crippen LogP contribution in [0.2, 0.25) is 0 Å². The van der Waals surface area contributed by atoms with Crippen molar-refractivity contribution >= 4 is 23.7 Å². The SMILES string of the molecule is COc1ccc(CNC(=O)Cc2cnc3c(c2)CN(Cc2ccc(C(=O)O)cc2)C(=O)N3)cc1. The number of aromatic nitrogens is 1. The number of anilines is 1. The van der Waals surface area contributed by atoms with E-state index in [2.05, 4.69) is 15.6 Å². The van der Waals surface area contributed by atoms with E-state index < -0.39 is 5.97 Å². The lowest BCUT2D eigenvalue weighted by atomic mass is 10.1. The molecule has 0 saturated heterocycles. The third-order valence-corrected chi connectivity index (χ3v) is 5.48. The number of hydrogen-bond acceptors (Lipinski definition) is 5. The maximum Gasteiger partial charge on any atom is 0.335 e. The number of nitrogens with one attached hydrogen (secondary N) is 2. The molecule has 3 aromatic rings. The number of carbonyl (C=O) groups excluding carboxylic acids is 2. The average molecular weight is 460 g/mol. The highest BCUT2D eigenvalue weighted by Crippen LogP contribution is 2.24. The number of nitrogens with zero attached hydrogens (tertiary/aromatic N) is 2. The minimum absolute atomic E-state index is 0.132. The van der Waals surface area contributed by atoms with E-state index in [0.29, 0.717) is 25.5 Å². The first kappa shape index (κ1) is 22.8. The predicted octanol–water partition coefficient (Wildman–Crippen LogP) is 3.20. The molecule has 0 aliphatic carbocycles. The quantitative estimate of drug-likeness (QED) is 0.475. The highest BCUT2D eigenvalue weighted by molar-refractivity contribution is 5.91. The lowest BCUT2D eigenvalue weighted by Gasteiger charge is -2.29. The van der Waals surface area contributed by atoms with Gasteiger partial charge in [-0.15, -0.1) is 0 Å². The summed E-state index contributed by atoms with van der Waals surface area (Å²) in [5.74, 6) is 0.106. The Labute approximate surface area is 196 Å². The summed E-state index contributed by atoms with van der Waals surface area (Å²) in [6.07, 6.45) is 1.76. The number of fused-ring (bicyclic) bond motifs is 1. The summed E-state index contributed by atoms with van der Waals surface area (Å²) in [4.78, 5) is 41.8.